The van der Waals surface area contributed by atoms with Crippen LogP contribution in [-0.4, -0.2) is 34.7 Å². The van der Waals surface area contributed by atoms with E-state index in [-0.39, 0.29) is 17.4 Å². The maximum Gasteiger partial charge on any atom is 0.272 e. The summed E-state index contributed by atoms with van der Waals surface area (Å²) >= 11 is 0. The number of nitrogens with zero attached hydrogens (tertiary/aromatic N) is 1. The van der Waals surface area contributed by atoms with Crippen molar-refractivity contribution in [2.75, 3.05) is 6.54 Å². The van der Waals surface area contributed by atoms with E-state index >= 15 is 0 Å². The molecular weight excluding hydrogens is 240 g/mol. The lowest BCUT2D eigenvalue weighted by Crippen LogP contribution is -2.51. The third-order valence-corrected chi connectivity index (χ3v) is 3.70. The van der Waals surface area contributed by atoms with Gasteiger partial charge in [0, 0.05) is 23.2 Å². The van der Waals surface area contributed by atoms with Gasteiger partial charge in [-0.3, -0.25) is 9.89 Å². The van der Waals surface area contributed by atoms with Crippen molar-refractivity contribution in [2.45, 2.75) is 58.0 Å². The first-order valence-corrected chi connectivity index (χ1v) is 6.98. The van der Waals surface area contributed by atoms with E-state index in [9.17, 15) is 4.79 Å². The van der Waals surface area contributed by atoms with Crippen LogP contribution in [0.3, 0.4) is 0 Å². The lowest BCUT2D eigenvalue weighted by Gasteiger charge is -2.30. The summed E-state index contributed by atoms with van der Waals surface area (Å²) in [6, 6.07) is 2.35. The van der Waals surface area contributed by atoms with Gasteiger partial charge in [0.2, 0.25) is 0 Å². The Bertz CT molecular complexity index is 447. The molecule has 1 aromatic heterocycles. The van der Waals surface area contributed by atoms with Gasteiger partial charge in [0.1, 0.15) is 5.69 Å². The molecule has 0 radical (unpaired) electrons. The second-order valence-electron chi connectivity index (χ2n) is 6.38. The predicted molar refractivity (Wildman–Crippen MR) is 75.2 cm³/mol. The number of rotatable bonds is 2. The summed E-state index contributed by atoms with van der Waals surface area (Å²) in [4.78, 5) is 12.2. The quantitative estimate of drug-likeness (QED) is 0.759. The van der Waals surface area contributed by atoms with Crippen molar-refractivity contribution in [1.29, 1.82) is 0 Å². The number of aromatic amines is 1. The number of carbonyl (C=O) groups is 1. The highest BCUT2D eigenvalue weighted by molar-refractivity contribution is 5.92. The van der Waals surface area contributed by atoms with Gasteiger partial charge < -0.3 is 10.6 Å². The summed E-state index contributed by atoms with van der Waals surface area (Å²) in [7, 11) is 0. The molecule has 0 bridgehead atoms. The van der Waals surface area contributed by atoms with Crippen LogP contribution in [0.2, 0.25) is 0 Å². The Labute approximate surface area is 114 Å². The van der Waals surface area contributed by atoms with Crippen LogP contribution in [0.1, 0.15) is 56.7 Å². The zero-order chi connectivity index (χ0) is 14.0. The Balaban J connectivity index is 2.01. The predicted octanol–water partition coefficient (Wildman–Crippen LogP) is 1.58. The molecule has 1 aromatic rings. The third kappa shape index (κ3) is 3.35. The lowest BCUT2D eigenvalue weighted by atomic mass is 9.92. The summed E-state index contributed by atoms with van der Waals surface area (Å²) in [6.07, 6.45) is 2.12. The van der Waals surface area contributed by atoms with E-state index in [4.69, 9.17) is 0 Å². The maximum atomic E-state index is 12.2. The van der Waals surface area contributed by atoms with Gasteiger partial charge in [-0.05, 0) is 32.4 Å². The normalized spacial score (nSPS) is 24.2. The molecule has 1 aliphatic rings. The SMILES string of the molecule is CC1NCCCC1NC(=O)c1cc(C(C)(C)C)[nH]n1. The average molecular weight is 264 g/mol. The molecule has 1 fully saturated rings. The lowest BCUT2D eigenvalue weighted by molar-refractivity contribution is 0.0914. The van der Waals surface area contributed by atoms with Crippen molar-refractivity contribution in [3.63, 3.8) is 0 Å². The first-order chi connectivity index (χ1) is 8.88. The molecule has 2 unspecified atom stereocenters. The van der Waals surface area contributed by atoms with Crippen LogP contribution in [0.5, 0.6) is 0 Å². The number of H-pyrrole nitrogens is 1. The van der Waals surface area contributed by atoms with Gasteiger partial charge in [0.15, 0.2) is 0 Å². The van der Waals surface area contributed by atoms with Gasteiger partial charge in [-0.15, -0.1) is 0 Å². The Hall–Kier alpha value is -1.36. The van der Waals surface area contributed by atoms with E-state index in [2.05, 4.69) is 48.5 Å². The fourth-order valence-corrected chi connectivity index (χ4v) is 2.31. The van der Waals surface area contributed by atoms with Gasteiger partial charge in [-0.1, -0.05) is 20.8 Å². The second kappa shape index (κ2) is 5.33. The molecule has 3 N–H and O–H groups in total. The Morgan fingerprint density at radius 2 is 2.21 bits per heavy atom. The third-order valence-electron chi connectivity index (χ3n) is 3.70. The van der Waals surface area contributed by atoms with Crippen LogP contribution in [0.25, 0.3) is 0 Å². The van der Waals surface area contributed by atoms with Crippen LogP contribution in [0.4, 0.5) is 0 Å². The highest BCUT2D eigenvalue weighted by Crippen LogP contribution is 2.20. The van der Waals surface area contributed by atoms with E-state index in [1.54, 1.807) is 0 Å². The first kappa shape index (κ1) is 14.1. The molecule has 5 heteroatoms. The Kier molecular flexibility index (Phi) is 3.94. The molecule has 0 spiro atoms. The van der Waals surface area contributed by atoms with E-state index in [0.717, 1.165) is 25.1 Å². The number of piperidine rings is 1. The average Bonchev–Trinajstić information content (AvgIpc) is 2.81. The number of amides is 1. The van der Waals surface area contributed by atoms with Gasteiger partial charge >= 0.3 is 0 Å². The van der Waals surface area contributed by atoms with E-state index in [1.165, 1.54) is 0 Å². The molecule has 0 aromatic carbocycles. The molecule has 1 amide bonds. The standard InChI is InChI=1S/C14H24N4O/c1-9-10(6-5-7-15-9)16-13(19)11-8-12(18-17-11)14(2,3)4/h8-10,15H,5-7H2,1-4H3,(H,16,19)(H,17,18). The maximum absolute atomic E-state index is 12.2. The molecule has 2 atom stereocenters. The minimum absolute atomic E-state index is 0.0226. The van der Waals surface area contributed by atoms with E-state index < -0.39 is 0 Å². The number of aromatic nitrogens is 2. The van der Waals surface area contributed by atoms with Crippen molar-refractivity contribution >= 4 is 5.91 Å². The fraction of sp³-hybridized carbons (Fsp3) is 0.714. The summed E-state index contributed by atoms with van der Waals surface area (Å²) in [6.45, 7) is 9.42. The Morgan fingerprint density at radius 1 is 1.47 bits per heavy atom. The summed E-state index contributed by atoms with van der Waals surface area (Å²) in [5.74, 6) is -0.0905. The van der Waals surface area contributed by atoms with Crippen LogP contribution < -0.4 is 10.6 Å². The van der Waals surface area contributed by atoms with Gasteiger partial charge in [0.05, 0.1) is 0 Å². The van der Waals surface area contributed by atoms with Gasteiger partial charge in [0.25, 0.3) is 5.91 Å². The van der Waals surface area contributed by atoms with E-state index in [1.807, 2.05) is 6.07 Å². The molecule has 19 heavy (non-hydrogen) atoms. The topological polar surface area (TPSA) is 69.8 Å². The van der Waals surface area contributed by atoms with Crippen LogP contribution >= 0.6 is 0 Å². The molecular formula is C14H24N4O. The number of carbonyl (C=O) groups excluding carboxylic acids is 1. The van der Waals surface area contributed by atoms with Crippen LogP contribution in [-0.2, 0) is 5.41 Å². The van der Waals surface area contributed by atoms with Crippen molar-refractivity contribution in [1.82, 2.24) is 20.8 Å². The Morgan fingerprint density at radius 3 is 2.79 bits per heavy atom. The largest absolute Gasteiger partial charge is 0.346 e. The molecule has 106 valence electrons. The molecule has 0 aliphatic carbocycles. The smallest absolute Gasteiger partial charge is 0.272 e. The highest BCUT2D eigenvalue weighted by Gasteiger charge is 2.25. The minimum atomic E-state index is -0.0905. The fourth-order valence-electron chi connectivity index (χ4n) is 2.31. The monoisotopic (exact) mass is 264 g/mol. The minimum Gasteiger partial charge on any atom is -0.346 e. The van der Waals surface area contributed by atoms with Gasteiger partial charge in [-0.2, -0.15) is 5.10 Å². The summed E-state index contributed by atoms with van der Waals surface area (Å²) in [5.41, 5.74) is 1.43. The molecule has 2 rings (SSSR count). The number of hydrogen-bond donors (Lipinski definition) is 3. The summed E-state index contributed by atoms with van der Waals surface area (Å²) < 4.78 is 0. The zero-order valence-electron chi connectivity index (χ0n) is 12.2. The first-order valence-electron chi connectivity index (χ1n) is 6.98. The molecule has 5 nitrogen and oxygen atoms in total. The highest BCUT2D eigenvalue weighted by atomic mass is 16.2. The van der Waals surface area contributed by atoms with E-state index in [0.29, 0.717) is 11.7 Å². The van der Waals surface area contributed by atoms with Crippen LogP contribution in [0.15, 0.2) is 6.07 Å². The van der Waals surface area contributed by atoms with Crippen molar-refractivity contribution in [2.24, 2.45) is 0 Å². The van der Waals surface area contributed by atoms with Gasteiger partial charge in [-0.25, -0.2) is 0 Å². The zero-order valence-corrected chi connectivity index (χ0v) is 12.2. The van der Waals surface area contributed by atoms with Crippen molar-refractivity contribution in [3.8, 4) is 0 Å². The molecule has 1 aliphatic heterocycles. The van der Waals surface area contributed by atoms with Crippen LogP contribution in [0, 0.1) is 0 Å². The summed E-state index contributed by atoms with van der Waals surface area (Å²) in [5, 5.41) is 13.5. The molecule has 1 saturated heterocycles. The van der Waals surface area contributed by atoms with Crippen molar-refractivity contribution in [3.05, 3.63) is 17.5 Å². The number of hydrogen-bond acceptors (Lipinski definition) is 3. The number of nitrogens with one attached hydrogen (secondary N) is 3. The molecule has 2 heterocycles. The second-order valence-corrected chi connectivity index (χ2v) is 6.38. The van der Waals surface area contributed by atoms with Crippen molar-refractivity contribution < 1.29 is 4.79 Å². The molecule has 0 saturated carbocycles.